The van der Waals surface area contributed by atoms with Crippen molar-refractivity contribution in [2.45, 2.75) is 44.2 Å². The molecule has 2 rings (SSSR count). The van der Waals surface area contributed by atoms with E-state index in [1.165, 1.54) is 4.88 Å². The van der Waals surface area contributed by atoms with Crippen LogP contribution in [0.5, 0.6) is 0 Å². The second kappa shape index (κ2) is 5.85. The van der Waals surface area contributed by atoms with E-state index in [9.17, 15) is 4.79 Å². The van der Waals surface area contributed by atoms with Gasteiger partial charge >= 0.3 is 0 Å². The highest BCUT2D eigenvalue weighted by molar-refractivity contribution is 7.10. The van der Waals surface area contributed by atoms with Gasteiger partial charge in [0.15, 0.2) is 0 Å². The molecule has 0 bridgehead atoms. The Bertz CT molecular complexity index is 361. The Morgan fingerprint density at radius 1 is 1.53 bits per heavy atom. The first-order valence-corrected chi connectivity index (χ1v) is 6.63. The number of carbonyl (C=O) groups excluding carboxylic acids is 1. The molecule has 1 aromatic heterocycles. The van der Waals surface area contributed by atoms with Crippen molar-refractivity contribution in [2.75, 3.05) is 0 Å². The molecule has 1 aliphatic carbocycles. The van der Waals surface area contributed by atoms with Gasteiger partial charge in [-0.2, -0.15) is 0 Å². The zero-order valence-corrected chi connectivity index (χ0v) is 11.6. The van der Waals surface area contributed by atoms with Crippen molar-refractivity contribution >= 4 is 29.7 Å². The van der Waals surface area contributed by atoms with E-state index in [-0.39, 0.29) is 24.4 Å². The van der Waals surface area contributed by atoms with Crippen LogP contribution >= 0.6 is 23.7 Å². The van der Waals surface area contributed by atoms with E-state index in [1.807, 2.05) is 24.4 Å². The van der Waals surface area contributed by atoms with Crippen LogP contribution in [0.4, 0.5) is 0 Å². The molecular formula is C12H19ClN2OS. The highest BCUT2D eigenvalue weighted by Crippen LogP contribution is 2.28. The third-order valence-corrected chi connectivity index (χ3v) is 4.32. The summed E-state index contributed by atoms with van der Waals surface area (Å²) < 4.78 is 0. The summed E-state index contributed by atoms with van der Waals surface area (Å²) in [6.45, 7) is 2.00. The molecule has 1 heterocycles. The Morgan fingerprint density at radius 2 is 2.18 bits per heavy atom. The van der Waals surface area contributed by atoms with Crippen LogP contribution in [0.3, 0.4) is 0 Å². The average Bonchev–Trinajstić information content (AvgIpc) is 2.88. The molecule has 0 radical (unpaired) electrons. The van der Waals surface area contributed by atoms with Crippen molar-refractivity contribution in [3.8, 4) is 0 Å². The van der Waals surface area contributed by atoms with E-state index in [0.717, 1.165) is 25.7 Å². The van der Waals surface area contributed by atoms with Gasteiger partial charge in [0.2, 0.25) is 5.91 Å². The number of halogens is 1. The lowest BCUT2D eigenvalue weighted by Crippen LogP contribution is -2.52. The van der Waals surface area contributed by atoms with Gasteiger partial charge in [-0.15, -0.1) is 23.7 Å². The summed E-state index contributed by atoms with van der Waals surface area (Å²) in [4.78, 5) is 13.2. The summed E-state index contributed by atoms with van der Waals surface area (Å²) in [5.41, 5.74) is 5.48. The van der Waals surface area contributed by atoms with Gasteiger partial charge in [0.25, 0.3) is 0 Å². The summed E-state index contributed by atoms with van der Waals surface area (Å²) in [6.07, 6.45) is 3.76. The van der Waals surface area contributed by atoms with Crippen molar-refractivity contribution in [3.63, 3.8) is 0 Å². The van der Waals surface area contributed by atoms with E-state index in [0.29, 0.717) is 0 Å². The fraction of sp³-hybridized carbons (Fsp3) is 0.583. The lowest BCUT2D eigenvalue weighted by molar-refractivity contribution is -0.126. The number of carbonyl (C=O) groups is 1. The number of thiophene rings is 1. The number of hydrogen-bond acceptors (Lipinski definition) is 3. The minimum absolute atomic E-state index is 0. The van der Waals surface area contributed by atoms with Gasteiger partial charge in [-0.05, 0) is 31.2 Å². The maximum absolute atomic E-state index is 12.0. The molecule has 1 atom stereocenters. The third kappa shape index (κ3) is 3.21. The molecule has 1 saturated carbocycles. The molecule has 3 N–H and O–H groups in total. The maximum atomic E-state index is 12.0. The number of nitrogens with one attached hydrogen (secondary N) is 1. The van der Waals surface area contributed by atoms with Crippen LogP contribution in [0.25, 0.3) is 0 Å². The third-order valence-electron chi connectivity index (χ3n) is 3.27. The maximum Gasteiger partial charge on any atom is 0.240 e. The minimum Gasteiger partial charge on any atom is -0.347 e. The molecule has 96 valence electrons. The van der Waals surface area contributed by atoms with E-state index in [1.54, 1.807) is 11.3 Å². The van der Waals surface area contributed by atoms with Crippen LogP contribution in [-0.2, 0) is 4.79 Å². The molecular weight excluding hydrogens is 256 g/mol. The fourth-order valence-electron chi connectivity index (χ4n) is 2.18. The van der Waals surface area contributed by atoms with Crippen LogP contribution in [0, 0.1) is 0 Å². The molecule has 1 amide bonds. The molecule has 1 aromatic rings. The molecule has 0 aromatic carbocycles. The highest BCUT2D eigenvalue weighted by atomic mass is 35.5. The number of amides is 1. The first-order valence-electron chi connectivity index (χ1n) is 5.75. The van der Waals surface area contributed by atoms with Crippen molar-refractivity contribution in [2.24, 2.45) is 5.73 Å². The molecule has 1 aliphatic rings. The van der Waals surface area contributed by atoms with E-state index >= 15 is 0 Å². The van der Waals surface area contributed by atoms with Crippen LogP contribution < -0.4 is 11.1 Å². The number of rotatable bonds is 3. The Balaban J connectivity index is 0.00000144. The van der Waals surface area contributed by atoms with Gasteiger partial charge < -0.3 is 11.1 Å². The van der Waals surface area contributed by atoms with Crippen molar-refractivity contribution in [1.29, 1.82) is 0 Å². The van der Waals surface area contributed by atoms with Crippen molar-refractivity contribution < 1.29 is 4.79 Å². The first kappa shape index (κ1) is 14.5. The van der Waals surface area contributed by atoms with Crippen molar-refractivity contribution in [1.82, 2.24) is 5.32 Å². The van der Waals surface area contributed by atoms with Crippen molar-refractivity contribution in [3.05, 3.63) is 22.4 Å². The smallest absolute Gasteiger partial charge is 0.240 e. The second-order valence-corrected chi connectivity index (χ2v) is 5.55. The Labute approximate surface area is 112 Å². The fourth-order valence-corrected chi connectivity index (χ4v) is 2.92. The van der Waals surface area contributed by atoms with Gasteiger partial charge in [0.1, 0.15) is 0 Å². The zero-order chi connectivity index (χ0) is 11.6. The lowest BCUT2D eigenvalue weighted by atomic mass is 9.97. The first-order chi connectivity index (χ1) is 7.62. The predicted octanol–water partition coefficient (Wildman–Crippen LogP) is 2.62. The molecule has 1 unspecified atom stereocenters. The largest absolute Gasteiger partial charge is 0.347 e. The van der Waals surface area contributed by atoms with Gasteiger partial charge in [-0.25, -0.2) is 0 Å². The normalized spacial score (nSPS) is 19.4. The Hall–Kier alpha value is -0.580. The van der Waals surface area contributed by atoms with Gasteiger partial charge in [-0.3, -0.25) is 4.79 Å². The summed E-state index contributed by atoms with van der Waals surface area (Å²) >= 11 is 1.66. The highest BCUT2D eigenvalue weighted by Gasteiger charge is 2.37. The molecule has 5 heteroatoms. The lowest BCUT2D eigenvalue weighted by Gasteiger charge is -2.24. The number of hydrogen-bond donors (Lipinski definition) is 2. The van der Waals surface area contributed by atoms with Crippen LogP contribution in [-0.4, -0.2) is 11.4 Å². The standard InChI is InChI=1S/C12H18N2OS.ClH/c1-9(10-5-4-8-16-10)14-11(15)12(13)6-2-3-7-12;/h4-5,8-9H,2-3,6-7,13H2,1H3,(H,14,15);1H. The zero-order valence-electron chi connectivity index (χ0n) is 9.94. The van der Waals surface area contributed by atoms with E-state index < -0.39 is 5.54 Å². The number of nitrogens with two attached hydrogens (primary N) is 1. The minimum atomic E-state index is -0.620. The predicted molar refractivity (Wildman–Crippen MR) is 73.5 cm³/mol. The summed E-state index contributed by atoms with van der Waals surface area (Å²) in [7, 11) is 0. The molecule has 0 aliphatic heterocycles. The van der Waals surface area contributed by atoms with Gasteiger partial charge in [0.05, 0.1) is 11.6 Å². The van der Waals surface area contributed by atoms with Crippen LogP contribution in [0.15, 0.2) is 17.5 Å². The molecule has 3 nitrogen and oxygen atoms in total. The Kier molecular flexibility index (Phi) is 4.98. The summed E-state index contributed by atoms with van der Waals surface area (Å²) in [5, 5.41) is 5.03. The quantitative estimate of drug-likeness (QED) is 0.890. The van der Waals surface area contributed by atoms with Gasteiger partial charge in [0, 0.05) is 4.88 Å². The van der Waals surface area contributed by atoms with Crippen LogP contribution in [0.2, 0.25) is 0 Å². The molecule has 17 heavy (non-hydrogen) atoms. The molecule has 0 saturated heterocycles. The summed E-state index contributed by atoms with van der Waals surface area (Å²) in [6, 6.07) is 4.10. The average molecular weight is 275 g/mol. The van der Waals surface area contributed by atoms with E-state index in [4.69, 9.17) is 5.73 Å². The topological polar surface area (TPSA) is 55.1 Å². The second-order valence-electron chi connectivity index (χ2n) is 4.57. The summed E-state index contributed by atoms with van der Waals surface area (Å²) in [5.74, 6) is 0.00546. The van der Waals surface area contributed by atoms with E-state index in [2.05, 4.69) is 5.32 Å². The monoisotopic (exact) mass is 274 g/mol. The Morgan fingerprint density at radius 3 is 2.71 bits per heavy atom. The van der Waals surface area contributed by atoms with Crippen LogP contribution in [0.1, 0.15) is 43.5 Å². The molecule has 0 spiro atoms. The SMILES string of the molecule is CC(NC(=O)C1(N)CCCC1)c1cccs1.Cl. The molecule has 1 fully saturated rings. The van der Waals surface area contributed by atoms with Gasteiger partial charge in [-0.1, -0.05) is 18.9 Å².